The van der Waals surface area contributed by atoms with Crippen molar-refractivity contribution in [2.24, 2.45) is 5.73 Å². The van der Waals surface area contributed by atoms with Crippen molar-refractivity contribution in [3.05, 3.63) is 64.2 Å². The van der Waals surface area contributed by atoms with E-state index in [1.807, 2.05) is 44.3 Å². The molecule has 0 amide bonds. The zero-order valence-corrected chi connectivity index (χ0v) is 12.4. The fourth-order valence-corrected chi connectivity index (χ4v) is 2.32. The van der Waals surface area contributed by atoms with Gasteiger partial charge in [-0.2, -0.15) is 0 Å². The Morgan fingerprint density at radius 2 is 1.85 bits per heavy atom. The van der Waals surface area contributed by atoms with Crippen LogP contribution in [-0.2, 0) is 6.54 Å². The molecule has 3 N–H and O–H groups in total. The smallest absolute Gasteiger partial charge is 0.122 e. The SMILES string of the molecule is Cc1ccc(CN(C)c2ccc(C(=N)N)cc2)c(Cl)c1. The molecule has 0 aliphatic rings. The molecule has 0 aliphatic carbocycles. The summed E-state index contributed by atoms with van der Waals surface area (Å²) < 4.78 is 0. The van der Waals surface area contributed by atoms with Gasteiger partial charge in [-0.3, -0.25) is 5.41 Å². The number of anilines is 1. The number of nitrogens with one attached hydrogen (secondary N) is 1. The van der Waals surface area contributed by atoms with Gasteiger partial charge in [0.1, 0.15) is 5.84 Å². The first-order chi connectivity index (χ1) is 9.47. The van der Waals surface area contributed by atoms with Gasteiger partial charge in [-0.15, -0.1) is 0 Å². The maximum absolute atomic E-state index is 7.39. The lowest BCUT2D eigenvalue weighted by molar-refractivity contribution is 0.922. The molecule has 20 heavy (non-hydrogen) atoms. The summed E-state index contributed by atoms with van der Waals surface area (Å²) in [7, 11) is 2.01. The molecule has 0 unspecified atom stereocenters. The Kier molecular flexibility index (Phi) is 4.30. The first kappa shape index (κ1) is 14.4. The molecule has 0 saturated carbocycles. The van der Waals surface area contributed by atoms with Crippen molar-refractivity contribution in [3.8, 4) is 0 Å². The molecule has 0 radical (unpaired) electrons. The van der Waals surface area contributed by atoms with Crippen LogP contribution in [0, 0.1) is 12.3 Å². The molecule has 0 atom stereocenters. The van der Waals surface area contributed by atoms with Crippen LogP contribution < -0.4 is 10.6 Å². The second-order valence-corrected chi connectivity index (χ2v) is 5.32. The average molecular weight is 288 g/mol. The van der Waals surface area contributed by atoms with Gasteiger partial charge in [-0.25, -0.2) is 0 Å². The van der Waals surface area contributed by atoms with E-state index in [0.29, 0.717) is 0 Å². The van der Waals surface area contributed by atoms with Crippen LogP contribution in [0.5, 0.6) is 0 Å². The summed E-state index contributed by atoms with van der Waals surface area (Å²) in [5, 5.41) is 8.18. The number of benzene rings is 2. The van der Waals surface area contributed by atoms with Crippen molar-refractivity contribution in [1.82, 2.24) is 0 Å². The predicted molar refractivity (Wildman–Crippen MR) is 85.8 cm³/mol. The van der Waals surface area contributed by atoms with Crippen molar-refractivity contribution >= 4 is 23.1 Å². The molecule has 0 bridgehead atoms. The number of hydrogen-bond donors (Lipinski definition) is 2. The molecule has 2 aromatic carbocycles. The molecule has 0 aliphatic heterocycles. The normalized spacial score (nSPS) is 10.3. The van der Waals surface area contributed by atoms with Crippen molar-refractivity contribution in [1.29, 1.82) is 5.41 Å². The van der Waals surface area contributed by atoms with Crippen LogP contribution in [0.4, 0.5) is 5.69 Å². The van der Waals surface area contributed by atoms with E-state index < -0.39 is 0 Å². The first-order valence-electron chi connectivity index (χ1n) is 6.38. The van der Waals surface area contributed by atoms with Crippen molar-refractivity contribution in [2.45, 2.75) is 13.5 Å². The lowest BCUT2D eigenvalue weighted by atomic mass is 10.1. The van der Waals surface area contributed by atoms with Gasteiger partial charge in [-0.1, -0.05) is 23.7 Å². The summed E-state index contributed by atoms with van der Waals surface area (Å²) in [4.78, 5) is 2.11. The second-order valence-electron chi connectivity index (χ2n) is 4.91. The Hall–Kier alpha value is -2.00. The van der Waals surface area contributed by atoms with Crippen LogP contribution in [0.3, 0.4) is 0 Å². The third-order valence-corrected chi connectivity index (χ3v) is 3.59. The molecular formula is C16H18ClN3. The summed E-state index contributed by atoms with van der Waals surface area (Å²) in [6.07, 6.45) is 0. The molecule has 2 rings (SSSR count). The van der Waals surface area contributed by atoms with Gasteiger partial charge in [0, 0.05) is 29.9 Å². The van der Waals surface area contributed by atoms with Crippen LogP contribution in [0.25, 0.3) is 0 Å². The van der Waals surface area contributed by atoms with E-state index in [9.17, 15) is 0 Å². The fraction of sp³-hybridized carbons (Fsp3) is 0.188. The second kappa shape index (κ2) is 5.97. The predicted octanol–water partition coefficient (Wildman–Crippen LogP) is 3.57. The summed E-state index contributed by atoms with van der Waals surface area (Å²) in [5.41, 5.74) is 9.50. The molecule has 0 aromatic heterocycles. The van der Waals surface area contributed by atoms with E-state index in [2.05, 4.69) is 17.0 Å². The number of hydrogen-bond acceptors (Lipinski definition) is 2. The Labute approximate surface area is 124 Å². The molecule has 104 valence electrons. The lowest BCUT2D eigenvalue weighted by Crippen LogP contribution is -2.17. The van der Waals surface area contributed by atoms with Crippen LogP contribution in [-0.4, -0.2) is 12.9 Å². The minimum absolute atomic E-state index is 0.0841. The number of nitrogens with two attached hydrogens (primary N) is 1. The number of halogens is 1. The number of rotatable bonds is 4. The van der Waals surface area contributed by atoms with Crippen LogP contribution >= 0.6 is 11.6 Å². The standard InChI is InChI=1S/C16H18ClN3/c1-11-3-4-13(15(17)9-11)10-20(2)14-7-5-12(6-8-14)16(18)19/h3-9H,10H2,1-2H3,(H3,18,19). The monoisotopic (exact) mass is 287 g/mol. The van der Waals surface area contributed by atoms with Gasteiger partial charge in [-0.05, 0) is 48.4 Å². The molecule has 3 nitrogen and oxygen atoms in total. The Bertz CT molecular complexity index is 620. The molecule has 0 fully saturated rings. The van der Waals surface area contributed by atoms with Crippen molar-refractivity contribution < 1.29 is 0 Å². The highest BCUT2D eigenvalue weighted by molar-refractivity contribution is 6.31. The Morgan fingerprint density at radius 3 is 2.40 bits per heavy atom. The third-order valence-electron chi connectivity index (χ3n) is 3.24. The topological polar surface area (TPSA) is 53.1 Å². The summed E-state index contributed by atoms with van der Waals surface area (Å²) >= 11 is 6.26. The summed E-state index contributed by atoms with van der Waals surface area (Å²) in [6, 6.07) is 13.7. The zero-order valence-electron chi connectivity index (χ0n) is 11.7. The van der Waals surface area contributed by atoms with Crippen molar-refractivity contribution in [3.63, 3.8) is 0 Å². The minimum atomic E-state index is 0.0841. The van der Waals surface area contributed by atoms with Gasteiger partial charge >= 0.3 is 0 Å². The number of amidine groups is 1. The lowest BCUT2D eigenvalue weighted by Gasteiger charge is -2.20. The van der Waals surface area contributed by atoms with Crippen LogP contribution in [0.1, 0.15) is 16.7 Å². The Morgan fingerprint density at radius 1 is 1.20 bits per heavy atom. The molecular weight excluding hydrogens is 270 g/mol. The quantitative estimate of drug-likeness (QED) is 0.667. The first-order valence-corrected chi connectivity index (χ1v) is 6.76. The number of nitrogen functional groups attached to an aromatic ring is 1. The highest BCUT2D eigenvalue weighted by atomic mass is 35.5. The van der Waals surface area contributed by atoms with E-state index in [1.165, 1.54) is 0 Å². The van der Waals surface area contributed by atoms with E-state index in [4.69, 9.17) is 22.7 Å². The van der Waals surface area contributed by atoms with Gasteiger partial charge < -0.3 is 10.6 Å². The molecule has 0 heterocycles. The van der Waals surface area contributed by atoms with E-state index in [-0.39, 0.29) is 5.84 Å². The van der Waals surface area contributed by atoms with Gasteiger partial charge in [0.15, 0.2) is 0 Å². The van der Waals surface area contributed by atoms with Gasteiger partial charge in [0.25, 0.3) is 0 Å². The fourth-order valence-electron chi connectivity index (χ4n) is 2.02. The van der Waals surface area contributed by atoms with E-state index in [0.717, 1.165) is 33.9 Å². The summed E-state index contributed by atoms with van der Waals surface area (Å²) in [6.45, 7) is 2.76. The van der Waals surface area contributed by atoms with E-state index in [1.54, 1.807) is 0 Å². The van der Waals surface area contributed by atoms with Crippen molar-refractivity contribution in [2.75, 3.05) is 11.9 Å². The highest BCUT2D eigenvalue weighted by Gasteiger charge is 2.06. The zero-order chi connectivity index (χ0) is 14.7. The van der Waals surface area contributed by atoms with E-state index >= 15 is 0 Å². The molecule has 0 spiro atoms. The third kappa shape index (κ3) is 3.31. The molecule has 4 heteroatoms. The summed E-state index contributed by atoms with van der Waals surface area (Å²) in [5.74, 6) is 0.0841. The minimum Gasteiger partial charge on any atom is -0.384 e. The van der Waals surface area contributed by atoms with Crippen LogP contribution in [0.15, 0.2) is 42.5 Å². The number of nitrogens with zero attached hydrogens (tertiary/aromatic N) is 1. The Balaban J connectivity index is 2.15. The maximum atomic E-state index is 7.39. The average Bonchev–Trinajstić information content (AvgIpc) is 2.42. The highest BCUT2D eigenvalue weighted by Crippen LogP contribution is 2.22. The van der Waals surface area contributed by atoms with Gasteiger partial charge in [0.2, 0.25) is 0 Å². The molecule has 2 aromatic rings. The maximum Gasteiger partial charge on any atom is 0.122 e. The van der Waals surface area contributed by atoms with Crippen LogP contribution in [0.2, 0.25) is 5.02 Å². The number of aryl methyl sites for hydroxylation is 1. The van der Waals surface area contributed by atoms with Gasteiger partial charge in [0.05, 0.1) is 0 Å². The molecule has 0 saturated heterocycles. The largest absolute Gasteiger partial charge is 0.384 e.